The molecule has 2 unspecified atom stereocenters. The Kier molecular flexibility index (Phi) is 8.32. The summed E-state index contributed by atoms with van der Waals surface area (Å²) >= 11 is 2.31. The SMILES string of the molecule is CO[C@H]1c2cc(I)ccc2O[C@@H](C(CCn2cc(C(CO)c3ccccc3)nn2)[Si](C)(C)O)[C@@H]1C. The lowest BCUT2D eigenvalue weighted by atomic mass is 9.86. The normalized spacial score (nSPS) is 21.7. The highest BCUT2D eigenvalue weighted by atomic mass is 127. The average molecular weight is 608 g/mol. The van der Waals surface area contributed by atoms with Gasteiger partial charge in [0.1, 0.15) is 11.9 Å². The second-order valence-corrected chi connectivity index (χ2v) is 15.2. The number of rotatable bonds is 9. The lowest BCUT2D eigenvalue weighted by Crippen LogP contribution is -2.48. The summed E-state index contributed by atoms with van der Waals surface area (Å²) in [4.78, 5) is 11.3. The number of fused-ring (bicyclic) bond motifs is 1. The van der Waals surface area contributed by atoms with Crippen LogP contribution in [-0.4, -0.2) is 53.0 Å². The molecule has 7 nitrogen and oxygen atoms in total. The van der Waals surface area contributed by atoms with Crippen molar-refractivity contribution in [3.05, 3.63) is 75.1 Å². The molecule has 9 heteroatoms. The number of aromatic nitrogens is 3. The summed E-state index contributed by atoms with van der Waals surface area (Å²) in [6, 6.07) is 16.0. The molecule has 5 atom stereocenters. The standard InChI is InChI=1S/C26H34IN3O4Si/c1-17-25(33-2)20-14-19(27)10-11-23(20)34-26(17)24(35(3,4)32)12-13-30-15-22(28-29-30)21(16-31)18-8-6-5-7-9-18/h5-11,14-15,17,21,24-26,31-32H,12-13,16H2,1-4H3/t17-,21?,24?,25-,26-/m1/s1. The quantitative estimate of drug-likeness (QED) is 0.270. The van der Waals surface area contributed by atoms with Gasteiger partial charge in [-0.25, -0.2) is 0 Å². The van der Waals surface area contributed by atoms with E-state index in [9.17, 15) is 9.90 Å². The van der Waals surface area contributed by atoms with Gasteiger partial charge < -0.3 is 19.4 Å². The van der Waals surface area contributed by atoms with Crippen LogP contribution >= 0.6 is 22.6 Å². The van der Waals surface area contributed by atoms with Crippen LogP contribution in [0.5, 0.6) is 5.75 Å². The molecule has 0 amide bonds. The molecule has 2 heterocycles. The Balaban J connectivity index is 1.54. The first kappa shape index (κ1) is 26.3. The van der Waals surface area contributed by atoms with Crippen molar-refractivity contribution < 1.29 is 19.4 Å². The molecule has 0 fully saturated rings. The van der Waals surface area contributed by atoms with Crippen molar-refractivity contribution >= 4 is 30.9 Å². The Morgan fingerprint density at radius 2 is 1.94 bits per heavy atom. The van der Waals surface area contributed by atoms with Gasteiger partial charge >= 0.3 is 0 Å². The fourth-order valence-corrected chi connectivity index (χ4v) is 7.70. The number of aliphatic hydroxyl groups is 1. The molecule has 2 N–H and O–H groups in total. The molecule has 1 aromatic heterocycles. The first-order valence-corrected chi connectivity index (χ1v) is 16.1. The van der Waals surface area contributed by atoms with Gasteiger partial charge in [0.2, 0.25) is 0 Å². The third-order valence-electron chi connectivity index (χ3n) is 7.06. The van der Waals surface area contributed by atoms with Gasteiger partial charge in [0.05, 0.1) is 24.3 Å². The van der Waals surface area contributed by atoms with Gasteiger partial charge in [-0.3, -0.25) is 4.68 Å². The van der Waals surface area contributed by atoms with Crippen LogP contribution in [0, 0.1) is 9.49 Å². The van der Waals surface area contributed by atoms with Crippen LogP contribution in [0.3, 0.4) is 0 Å². The van der Waals surface area contributed by atoms with Crippen molar-refractivity contribution in [3.8, 4) is 5.75 Å². The number of hydrogen-bond acceptors (Lipinski definition) is 6. The van der Waals surface area contributed by atoms with Crippen molar-refractivity contribution in [1.82, 2.24) is 15.0 Å². The number of benzene rings is 2. The van der Waals surface area contributed by atoms with Gasteiger partial charge in [-0.05, 0) is 65.9 Å². The Labute approximate surface area is 221 Å². The largest absolute Gasteiger partial charge is 0.490 e. The molecule has 1 aliphatic heterocycles. The van der Waals surface area contributed by atoms with Crippen molar-refractivity contribution in [2.75, 3.05) is 13.7 Å². The zero-order valence-electron chi connectivity index (χ0n) is 20.6. The van der Waals surface area contributed by atoms with Crippen LogP contribution in [0.25, 0.3) is 0 Å². The van der Waals surface area contributed by atoms with E-state index in [4.69, 9.17) is 9.47 Å². The molecule has 0 aliphatic carbocycles. The maximum Gasteiger partial charge on any atom is 0.189 e. The summed E-state index contributed by atoms with van der Waals surface area (Å²) in [5.74, 6) is 0.700. The van der Waals surface area contributed by atoms with E-state index in [0.717, 1.165) is 26.1 Å². The molecule has 0 saturated heterocycles. The van der Waals surface area contributed by atoms with Crippen LogP contribution in [0.15, 0.2) is 54.7 Å². The Morgan fingerprint density at radius 3 is 2.60 bits per heavy atom. The van der Waals surface area contributed by atoms with Crippen LogP contribution in [0.4, 0.5) is 0 Å². The first-order valence-electron chi connectivity index (χ1n) is 12.0. The number of aliphatic hydroxyl groups excluding tert-OH is 1. The zero-order chi connectivity index (χ0) is 25.2. The fraction of sp³-hybridized carbons (Fsp3) is 0.462. The van der Waals surface area contributed by atoms with Gasteiger partial charge in [0.15, 0.2) is 8.32 Å². The summed E-state index contributed by atoms with van der Waals surface area (Å²) in [5.41, 5.74) is 2.78. The van der Waals surface area contributed by atoms with Crippen molar-refractivity contribution in [2.24, 2.45) is 5.92 Å². The van der Waals surface area contributed by atoms with E-state index >= 15 is 0 Å². The third kappa shape index (κ3) is 5.80. The van der Waals surface area contributed by atoms with E-state index in [2.05, 4.69) is 45.9 Å². The van der Waals surface area contributed by atoms with E-state index in [-0.39, 0.29) is 36.2 Å². The van der Waals surface area contributed by atoms with Crippen molar-refractivity contribution in [1.29, 1.82) is 0 Å². The summed E-state index contributed by atoms with van der Waals surface area (Å²) < 4.78 is 15.4. The maximum absolute atomic E-state index is 11.3. The minimum Gasteiger partial charge on any atom is -0.490 e. The van der Waals surface area contributed by atoms with Gasteiger partial charge in [0.25, 0.3) is 0 Å². The zero-order valence-corrected chi connectivity index (χ0v) is 23.8. The lowest BCUT2D eigenvalue weighted by Gasteiger charge is -2.43. The predicted octanol–water partition coefficient (Wildman–Crippen LogP) is 4.75. The monoisotopic (exact) mass is 607 g/mol. The molecule has 2 aromatic carbocycles. The van der Waals surface area contributed by atoms with Crippen LogP contribution in [0.2, 0.25) is 18.6 Å². The second-order valence-electron chi connectivity index (χ2n) is 9.88. The molecule has 188 valence electrons. The fourth-order valence-electron chi connectivity index (χ4n) is 5.18. The molecular weight excluding hydrogens is 573 g/mol. The number of aryl methyl sites for hydroxylation is 1. The predicted molar refractivity (Wildman–Crippen MR) is 146 cm³/mol. The first-order chi connectivity index (χ1) is 16.7. The molecule has 0 bridgehead atoms. The molecule has 0 spiro atoms. The average Bonchev–Trinajstić information content (AvgIpc) is 3.28. The van der Waals surface area contributed by atoms with Crippen LogP contribution < -0.4 is 4.74 Å². The van der Waals surface area contributed by atoms with E-state index in [1.807, 2.05) is 66.4 Å². The highest BCUT2D eigenvalue weighted by Gasteiger charge is 2.46. The summed E-state index contributed by atoms with van der Waals surface area (Å²) in [7, 11) is -0.861. The van der Waals surface area contributed by atoms with E-state index in [0.29, 0.717) is 13.0 Å². The van der Waals surface area contributed by atoms with Crippen LogP contribution in [0.1, 0.15) is 42.2 Å². The molecule has 3 aromatic rings. The molecule has 4 rings (SSSR count). The lowest BCUT2D eigenvalue weighted by molar-refractivity contribution is -0.0248. The van der Waals surface area contributed by atoms with Crippen LogP contribution in [-0.2, 0) is 11.3 Å². The smallest absolute Gasteiger partial charge is 0.189 e. The second kappa shape index (κ2) is 11.1. The molecule has 1 aliphatic rings. The highest BCUT2D eigenvalue weighted by Crippen LogP contribution is 2.47. The Bertz CT molecular complexity index is 1120. The Hall–Kier alpha value is -1.79. The number of nitrogens with zero attached hydrogens (tertiary/aromatic N) is 3. The van der Waals surface area contributed by atoms with E-state index in [1.54, 1.807) is 7.11 Å². The summed E-state index contributed by atoms with van der Waals surface area (Å²) in [5, 5.41) is 18.7. The van der Waals surface area contributed by atoms with Crippen molar-refractivity contribution in [3.63, 3.8) is 0 Å². The van der Waals surface area contributed by atoms with E-state index < -0.39 is 8.32 Å². The molecule has 35 heavy (non-hydrogen) atoms. The Morgan fingerprint density at radius 1 is 1.20 bits per heavy atom. The summed E-state index contributed by atoms with van der Waals surface area (Å²) in [6.07, 6.45) is 2.35. The van der Waals surface area contributed by atoms with E-state index in [1.165, 1.54) is 0 Å². The van der Waals surface area contributed by atoms with Gasteiger partial charge in [-0.1, -0.05) is 42.5 Å². The topological polar surface area (TPSA) is 89.6 Å². The van der Waals surface area contributed by atoms with Gasteiger partial charge in [-0.15, -0.1) is 5.10 Å². The minimum atomic E-state index is -2.60. The number of hydrogen-bond donors (Lipinski definition) is 2. The molecular formula is C26H34IN3O4Si. The number of methoxy groups -OCH3 is 1. The van der Waals surface area contributed by atoms with Gasteiger partial charge in [-0.2, -0.15) is 0 Å². The minimum absolute atomic E-state index is 0.0296. The number of ether oxygens (including phenoxy) is 2. The van der Waals surface area contributed by atoms with Crippen molar-refractivity contribution in [2.45, 2.75) is 56.7 Å². The number of halogens is 1. The third-order valence-corrected chi connectivity index (χ3v) is 10.2. The van der Waals surface area contributed by atoms with Gasteiger partial charge in [0, 0.05) is 40.4 Å². The molecule has 0 saturated carbocycles. The maximum atomic E-state index is 11.3. The summed E-state index contributed by atoms with van der Waals surface area (Å²) in [6.45, 7) is 6.66. The highest BCUT2D eigenvalue weighted by molar-refractivity contribution is 14.1. The molecule has 0 radical (unpaired) electrons.